The van der Waals surface area contributed by atoms with Crippen molar-refractivity contribution in [1.82, 2.24) is 9.80 Å². The van der Waals surface area contributed by atoms with E-state index in [-0.39, 0.29) is 35.3 Å². The molecule has 2 saturated heterocycles. The van der Waals surface area contributed by atoms with Crippen LogP contribution in [0.5, 0.6) is 5.75 Å². The van der Waals surface area contributed by atoms with E-state index in [4.69, 9.17) is 28.3 Å². The number of benzene rings is 1. The van der Waals surface area contributed by atoms with E-state index in [9.17, 15) is 19.8 Å². The normalized spacial score (nSPS) is 29.1. The van der Waals surface area contributed by atoms with E-state index >= 15 is 0 Å². The van der Waals surface area contributed by atoms with Crippen LogP contribution in [0, 0.1) is 0 Å². The van der Waals surface area contributed by atoms with Gasteiger partial charge in [-0.2, -0.15) is 0 Å². The Kier molecular flexibility index (Phi) is 4.61. The summed E-state index contributed by atoms with van der Waals surface area (Å²) in [7, 11) is 0. The molecule has 2 aliphatic heterocycles. The third-order valence-electron chi connectivity index (χ3n) is 5.13. The van der Waals surface area contributed by atoms with Crippen molar-refractivity contribution in [3.05, 3.63) is 27.7 Å². The van der Waals surface area contributed by atoms with Crippen LogP contribution in [0.4, 0.5) is 0 Å². The highest BCUT2D eigenvalue weighted by Crippen LogP contribution is 2.48. The van der Waals surface area contributed by atoms with Crippen molar-refractivity contribution >= 4 is 35.0 Å². The second-order valence-electron chi connectivity index (χ2n) is 6.43. The van der Waals surface area contributed by atoms with Crippen molar-refractivity contribution in [1.29, 1.82) is 0 Å². The molecule has 0 aliphatic carbocycles. The van der Waals surface area contributed by atoms with Crippen molar-refractivity contribution in [3.63, 3.8) is 0 Å². The van der Waals surface area contributed by atoms with Gasteiger partial charge in [0.05, 0.1) is 16.1 Å². The van der Waals surface area contributed by atoms with Crippen molar-refractivity contribution in [3.8, 4) is 5.75 Å². The molecule has 1 aromatic rings. The van der Waals surface area contributed by atoms with Gasteiger partial charge in [0.2, 0.25) is 11.8 Å². The highest BCUT2D eigenvalue weighted by atomic mass is 35.5. The van der Waals surface area contributed by atoms with Crippen molar-refractivity contribution < 1.29 is 24.9 Å². The van der Waals surface area contributed by atoms with E-state index in [1.807, 2.05) is 0 Å². The standard InChI is InChI=1S/C16H18Cl2N2O5/c1-8-16(25)4-9(14-11(22)3-2-10(17)15(14)18)5-20(16)12(23)6-19(8)13(24)7-21/h2-3,8-9,21-22,25H,4-7H2,1H3/t8?,9-,16-/m0/s1. The number of phenolic OH excluding ortho intramolecular Hbond substituents is 1. The summed E-state index contributed by atoms with van der Waals surface area (Å²) in [5.74, 6) is -1.55. The first-order chi connectivity index (χ1) is 11.7. The SMILES string of the molecule is CC1N(C(=O)CO)CC(=O)N2C[C@@H](c3c(O)ccc(Cl)c3Cl)C[C@]12O. The van der Waals surface area contributed by atoms with Crippen LogP contribution < -0.4 is 0 Å². The van der Waals surface area contributed by atoms with Gasteiger partial charge in [-0.1, -0.05) is 23.2 Å². The minimum atomic E-state index is -1.61. The Hall–Kier alpha value is -1.54. The molecule has 3 N–H and O–H groups in total. The smallest absolute Gasteiger partial charge is 0.249 e. The summed E-state index contributed by atoms with van der Waals surface area (Å²) in [6.45, 7) is 0.812. The second-order valence-corrected chi connectivity index (χ2v) is 7.22. The number of phenols is 1. The fourth-order valence-electron chi connectivity index (χ4n) is 3.78. The Labute approximate surface area is 154 Å². The molecular formula is C16H18Cl2N2O5. The van der Waals surface area contributed by atoms with Gasteiger partial charge in [0.15, 0.2) is 5.72 Å². The summed E-state index contributed by atoms with van der Waals surface area (Å²) >= 11 is 12.2. The Morgan fingerprint density at radius 2 is 2.08 bits per heavy atom. The van der Waals surface area contributed by atoms with Crippen LogP contribution >= 0.6 is 23.2 Å². The van der Waals surface area contributed by atoms with Gasteiger partial charge in [-0.3, -0.25) is 9.59 Å². The number of rotatable bonds is 2. The van der Waals surface area contributed by atoms with E-state index in [0.29, 0.717) is 5.56 Å². The molecule has 0 bridgehead atoms. The Bertz CT molecular complexity index is 743. The number of nitrogens with zero attached hydrogens (tertiary/aromatic N) is 2. The first-order valence-corrected chi connectivity index (χ1v) is 8.56. The molecule has 7 nitrogen and oxygen atoms in total. The highest BCUT2D eigenvalue weighted by Gasteiger charge is 2.56. The maximum absolute atomic E-state index is 12.4. The molecule has 2 fully saturated rings. The average Bonchev–Trinajstić information content (AvgIpc) is 2.93. The van der Waals surface area contributed by atoms with Crippen LogP contribution in [-0.4, -0.2) is 68.4 Å². The van der Waals surface area contributed by atoms with E-state index < -0.39 is 36.1 Å². The van der Waals surface area contributed by atoms with Crippen LogP contribution in [-0.2, 0) is 9.59 Å². The van der Waals surface area contributed by atoms with E-state index in [1.165, 1.54) is 21.9 Å². The molecule has 0 radical (unpaired) electrons. The lowest BCUT2D eigenvalue weighted by atomic mass is 9.90. The summed E-state index contributed by atoms with van der Waals surface area (Å²) in [6, 6.07) is 2.17. The molecule has 3 rings (SSSR count). The van der Waals surface area contributed by atoms with Gasteiger partial charge in [-0.25, -0.2) is 0 Å². The van der Waals surface area contributed by atoms with E-state index in [0.717, 1.165) is 0 Å². The lowest BCUT2D eigenvalue weighted by Crippen LogP contribution is -2.68. The number of carbonyl (C=O) groups is 2. The number of carbonyl (C=O) groups excluding carboxylic acids is 2. The zero-order chi connectivity index (χ0) is 18.5. The van der Waals surface area contributed by atoms with Crippen LogP contribution in [0.25, 0.3) is 0 Å². The van der Waals surface area contributed by atoms with Gasteiger partial charge in [0.1, 0.15) is 18.9 Å². The molecule has 2 aliphatic rings. The zero-order valence-corrected chi connectivity index (χ0v) is 15.0. The maximum atomic E-state index is 12.4. The minimum Gasteiger partial charge on any atom is -0.508 e. The number of aromatic hydroxyl groups is 1. The number of hydrogen-bond donors (Lipinski definition) is 3. The molecule has 0 aromatic heterocycles. The van der Waals surface area contributed by atoms with Crippen LogP contribution in [0.15, 0.2) is 12.1 Å². The zero-order valence-electron chi connectivity index (χ0n) is 13.4. The van der Waals surface area contributed by atoms with Crippen molar-refractivity contribution in [2.45, 2.75) is 31.0 Å². The fourth-order valence-corrected chi connectivity index (χ4v) is 4.26. The summed E-state index contributed by atoms with van der Waals surface area (Å²) in [6.07, 6.45) is 0.0860. The molecule has 0 saturated carbocycles. The van der Waals surface area contributed by atoms with E-state index in [1.54, 1.807) is 6.92 Å². The van der Waals surface area contributed by atoms with Gasteiger partial charge in [-0.05, 0) is 19.1 Å². The number of amides is 2. The summed E-state index contributed by atoms with van der Waals surface area (Å²) in [4.78, 5) is 26.8. The quantitative estimate of drug-likeness (QED) is 0.699. The third kappa shape index (κ3) is 2.75. The van der Waals surface area contributed by atoms with Gasteiger partial charge in [0, 0.05) is 24.4 Å². The van der Waals surface area contributed by atoms with Gasteiger partial charge in [0.25, 0.3) is 0 Å². The molecular weight excluding hydrogens is 371 g/mol. The first-order valence-electron chi connectivity index (χ1n) is 7.80. The number of piperazine rings is 1. The maximum Gasteiger partial charge on any atom is 0.249 e. The second kappa shape index (κ2) is 6.32. The summed E-state index contributed by atoms with van der Waals surface area (Å²) in [5, 5.41) is 30.8. The molecule has 25 heavy (non-hydrogen) atoms. The Morgan fingerprint density at radius 1 is 1.40 bits per heavy atom. The molecule has 136 valence electrons. The van der Waals surface area contributed by atoms with Crippen LogP contribution in [0.1, 0.15) is 24.8 Å². The monoisotopic (exact) mass is 388 g/mol. The Morgan fingerprint density at radius 3 is 2.72 bits per heavy atom. The van der Waals surface area contributed by atoms with Crippen LogP contribution in [0.3, 0.4) is 0 Å². The predicted molar refractivity (Wildman–Crippen MR) is 90.4 cm³/mol. The first kappa shape index (κ1) is 18.3. The van der Waals surface area contributed by atoms with Crippen LogP contribution in [0.2, 0.25) is 10.0 Å². The lowest BCUT2D eigenvalue weighted by molar-refractivity contribution is -0.189. The molecule has 1 unspecified atom stereocenters. The minimum absolute atomic E-state index is 0.0637. The molecule has 2 heterocycles. The fraction of sp³-hybridized carbons (Fsp3) is 0.500. The molecule has 1 aromatic carbocycles. The number of hydrogen-bond acceptors (Lipinski definition) is 5. The number of halogens is 2. The lowest BCUT2D eigenvalue weighted by Gasteiger charge is -2.48. The highest BCUT2D eigenvalue weighted by molar-refractivity contribution is 6.42. The van der Waals surface area contributed by atoms with Gasteiger partial charge in [-0.15, -0.1) is 0 Å². The summed E-state index contributed by atoms with van der Waals surface area (Å²) in [5.41, 5.74) is -1.24. The van der Waals surface area contributed by atoms with Crippen molar-refractivity contribution in [2.75, 3.05) is 19.7 Å². The number of aliphatic hydroxyl groups is 2. The molecule has 2 amide bonds. The van der Waals surface area contributed by atoms with Crippen molar-refractivity contribution in [2.24, 2.45) is 0 Å². The van der Waals surface area contributed by atoms with Gasteiger partial charge >= 0.3 is 0 Å². The number of aliphatic hydroxyl groups excluding tert-OH is 1. The van der Waals surface area contributed by atoms with E-state index in [2.05, 4.69) is 0 Å². The summed E-state index contributed by atoms with van der Waals surface area (Å²) < 4.78 is 0. The molecule has 9 heteroatoms. The Balaban J connectivity index is 1.98. The van der Waals surface area contributed by atoms with Gasteiger partial charge < -0.3 is 25.1 Å². The topological polar surface area (TPSA) is 101 Å². The largest absolute Gasteiger partial charge is 0.508 e. The number of fused-ring (bicyclic) bond motifs is 1. The third-order valence-corrected chi connectivity index (χ3v) is 5.95. The average molecular weight is 389 g/mol. The molecule has 0 spiro atoms. The predicted octanol–water partition coefficient (Wildman–Crippen LogP) is 0.926. The molecule has 3 atom stereocenters.